The number of hydrogen-bond donors (Lipinski definition) is 1. The first-order valence-corrected chi connectivity index (χ1v) is 11.4. The van der Waals surface area contributed by atoms with Crippen molar-refractivity contribution in [2.45, 2.75) is 6.61 Å². The van der Waals surface area contributed by atoms with Crippen LogP contribution in [-0.2, 0) is 6.61 Å². The summed E-state index contributed by atoms with van der Waals surface area (Å²) in [7, 11) is 1.54. The summed E-state index contributed by atoms with van der Waals surface area (Å²) in [6.45, 7) is 0.286. The molecule has 0 aromatic heterocycles. The minimum atomic E-state index is -0.435. The Morgan fingerprint density at radius 1 is 1.12 bits per heavy atom. The van der Waals surface area contributed by atoms with Crippen LogP contribution in [0.4, 0.5) is 5.69 Å². The van der Waals surface area contributed by atoms with E-state index in [4.69, 9.17) is 9.47 Å². The van der Waals surface area contributed by atoms with Gasteiger partial charge in [0.2, 0.25) is 0 Å². The minimum absolute atomic E-state index is 0.0417. The van der Waals surface area contributed by atoms with Gasteiger partial charge >= 0.3 is 0 Å². The Morgan fingerprint density at radius 3 is 2.44 bits per heavy atom. The van der Waals surface area contributed by atoms with Crippen LogP contribution < -0.4 is 14.9 Å². The number of non-ortho nitro benzene ring substituents is 1. The molecule has 0 saturated carbocycles. The second-order valence-corrected chi connectivity index (χ2v) is 8.78. The van der Waals surface area contributed by atoms with Crippen LogP contribution in [0.3, 0.4) is 0 Å². The number of ether oxygens (including phenoxy) is 2. The second-order valence-electron chi connectivity index (χ2n) is 6.46. The number of nitro groups is 1. The summed E-state index contributed by atoms with van der Waals surface area (Å²) in [6.07, 6.45) is 1.56. The molecule has 1 amide bonds. The number of methoxy groups -OCH3 is 1. The summed E-state index contributed by atoms with van der Waals surface area (Å²) in [6, 6.07) is 16.8. The third-order valence-corrected chi connectivity index (χ3v) is 5.87. The molecule has 0 atom stereocenters. The predicted octanol–water partition coefficient (Wildman–Crippen LogP) is 5.16. The first-order chi connectivity index (χ1) is 15.4. The third kappa shape index (κ3) is 6.38. The maximum absolute atomic E-state index is 12.2. The molecule has 1 N–H and O–H groups in total. The van der Waals surface area contributed by atoms with E-state index in [-0.39, 0.29) is 18.2 Å². The van der Waals surface area contributed by atoms with Gasteiger partial charge in [-0.15, -0.1) is 0 Å². The maximum Gasteiger partial charge on any atom is 0.271 e. The van der Waals surface area contributed by atoms with Crippen molar-refractivity contribution in [2.75, 3.05) is 7.11 Å². The van der Waals surface area contributed by atoms with Gasteiger partial charge in [0.25, 0.3) is 11.6 Å². The number of halogens is 2. The molecule has 3 aromatic rings. The van der Waals surface area contributed by atoms with Gasteiger partial charge in [-0.2, -0.15) is 5.10 Å². The lowest BCUT2D eigenvalue weighted by Crippen LogP contribution is -2.17. The van der Waals surface area contributed by atoms with Gasteiger partial charge in [-0.05, 0) is 98.8 Å². The fourth-order valence-electron chi connectivity index (χ4n) is 2.66. The number of carbonyl (C=O) groups is 1. The molecule has 3 aromatic carbocycles. The van der Waals surface area contributed by atoms with Gasteiger partial charge in [-0.3, -0.25) is 14.9 Å². The van der Waals surface area contributed by atoms with E-state index in [2.05, 4.69) is 55.7 Å². The van der Waals surface area contributed by atoms with Crippen LogP contribution in [0.15, 0.2) is 65.8 Å². The molecule has 0 radical (unpaired) electrons. The number of hydrogen-bond acceptors (Lipinski definition) is 6. The van der Waals surface area contributed by atoms with Crippen molar-refractivity contribution in [2.24, 2.45) is 5.10 Å². The van der Waals surface area contributed by atoms with Crippen molar-refractivity contribution in [1.82, 2.24) is 5.43 Å². The fraction of sp³-hybridized carbons (Fsp3) is 0.0909. The fourth-order valence-corrected chi connectivity index (χ4v) is 4.78. The Balaban J connectivity index is 1.63. The van der Waals surface area contributed by atoms with Gasteiger partial charge in [-0.25, -0.2) is 5.43 Å². The Bertz CT molecular complexity index is 1140. The van der Waals surface area contributed by atoms with Gasteiger partial charge in [0, 0.05) is 17.7 Å². The number of amides is 1. The molecule has 0 heterocycles. The normalized spacial score (nSPS) is 10.7. The molecule has 0 bridgehead atoms. The minimum Gasteiger partial charge on any atom is -0.497 e. The monoisotopic (exact) mass is 657 g/mol. The number of rotatable bonds is 8. The lowest BCUT2D eigenvalue weighted by molar-refractivity contribution is -0.384. The number of hydrazone groups is 1. The van der Waals surface area contributed by atoms with Gasteiger partial charge < -0.3 is 9.47 Å². The van der Waals surface area contributed by atoms with E-state index in [0.717, 1.165) is 18.3 Å². The van der Waals surface area contributed by atoms with Gasteiger partial charge in [0.05, 0.1) is 25.4 Å². The summed E-state index contributed by atoms with van der Waals surface area (Å²) in [5, 5.41) is 14.8. The van der Waals surface area contributed by atoms with E-state index < -0.39 is 4.92 Å². The van der Waals surface area contributed by atoms with E-state index in [1.54, 1.807) is 42.6 Å². The molecule has 0 aliphatic carbocycles. The van der Waals surface area contributed by atoms with Crippen LogP contribution in [0.25, 0.3) is 0 Å². The van der Waals surface area contributed by atoms with E-state index in [9.17, 15) is 14.9 Å². The molecule has 8 nitrogen and oxygen atoms in total. The van der Waals surface area contributed by atoms with E-state index in [0.29, 0.717) is 17.1 Å². The number of carbonyl (C=O) groups excluding carboxylic acids is 1. The van der Waals surface area contributed by atoms with Crippen LogP contribution >= 0.6 is 45.2 Å². The molecule has 0 aliphatic rings. The lowest BCUT2D eigenvalue weighted by Gasteiger charge is -2.11. The topological polar surface area (TPSA) is 103 Å². The van der Waals surface area contributed by atoms with Gasteiger partial charge in [0.15, 0.2) is 0 Å². The van der Waals surface area contributed by atoms with Crippen molar-refractivity contribution in [3.63, 3.8) is 0 Å². The molecule has 164 valence electrons. The molecular weight excluding hydrogens is 640 g/mol. The van der Waals surface area contributed by atoms with Gasteiger partial charge in [-0.1, -0.05) is 6.07 Å². The van der Waals surface area contributed by atoms with Crippen LogP contribution in [0, 0.1) is 17.3 Å². The van der Waals surface area contributed by atoms with Crippen LogP contribution in [0.5, 0.6) is 11.5 Å². The standard InChI is InChI=1S/C22H17I2N3O5/c1-31-18-4-2-3-16(11-18)22(28)26-25-12-15-9-19(23)21(20(24)10-15)32-13-14-5-7-17(8-6-14)27(29)30/h2-12H,13H2,1H3,(H,26,28)/b25-12-. The van der Waals surface area contributed by atoms with Crippen LogP contribution in [-0.4, -0.2) is 24.2 Å². The summed E-state index contributed by atoms with van der Waals surface area (Å²) in [5.74, 6) is 0.963. The Labute approximate surface area is 211 Å². The van der Waals surface area contributed by atoms with Crippen LogP contribution in [0.2, 0.25) is 0 Å². The summed E-state index contributed by atoms with van der Waals surface area (Å²) < 4.78 is 12.8. The second kappa shape index (κ2) is 11.2. The first-order valence-electron chi connectivity index (χ1n) is 9.20. The van der Waals surface area contributed by atoms with Crippen molar-refractivity contribution in [3.05, 3.63) is 94.6 Å². The average molecular weight is 657 g/mol. The number of nitrogens with one attached hydrogen (secondary N) is 1. The third-order valence-electron chi connectivity index (χ3n) is 4.26. The van der Waals surface area contributed by atoms with Crippen LogP contribution in [0.1, 0.15) is 21.5 Å². The number of nitro benzene ring substituents is 1. The van der Waals surface area contributed by atoms with Gasteiger partial charge in [0.1, 0.15) is 18.1 Å². The van der Waals surface area contributed by atoms with Crippen molar-refractivity contribution < 1.29 is 19.2 Å². The molecular formula is C22H17I2N3O5. The summed E-state index contributed by atoms with van der Waals surface area (Å²) in [5.41, 5.74) is 4.61. The van der Waals surface area contributed by atoms with Crippen molar-refractivity contribution in [1.29, 1.82) is 0 Å². The van der Waals surface area contributed by atoms with E-state index in [1.807, 2.05) is 12.1 Å². The highest BCUT2D eigenvalue weighted by molar-refractivity contribution is 14.1. The smallest absolute Gasteiger partial charge is 0.271 e. The van der Waals surface area contributed by atoms with E-state index in [1.165, 1.54) is 19.2 Å². The molecule has 3 rings (SSSR count). The highest BCUT2D eigenvalue weighted by Gasteiger charge is 2.10. The maximum atomic E-state index is 12.2. The average Bonchev–Trinajstić information content (AvgIpc) is 2.78. The predicted molar refractivity (Wildman–Crippen MR) is 137 cm³/mol. The van der Waals surface area contributed by atoms with E-state index >= 15 is 0 Å². The zero-order valence-electron chi connectivity index (χ0n) is 16.7. The summed E-state index contributed by atoms with van der Waals surface area (Å²) >= 11 is 4.34. The number of nitrogens with zero attached hydrogens (tertiary/aromatic N) is 2. The zero-order chi connectivity index (χ0) is 23.1. The van der Waals surface area contributed by atoms with Crippen molar-refractivity contribution in [3.8, 4) is 11.5 Å². The number of benzene rings is 3. The lowest BCUT2D eigenvalue weighted by atomic mass is 10.2. The molecule has 0 spiro atoms. The molecule has 32 heavy (non-hydrogen) atoms. The molecule has 0 saturated heterocycles. The Morgan fingerprint density at radius 2 is 1.81 bits per heavy atom. The molecule has 0 aliphatic heterocycles. The zero-order valence-corrected chi connectivity index (χ0v) is 21.1. The van der Waals surface area contributed by atoms with Crippen molar-refractivity contribution >= 4 is 63.0 Å². The SMILES string of the molecule is COc1cccc(C(=O)N/N=C\c2cc(I)c(OCc3ccc([N+](=O)[O-])cc3)c(I)c2)c1. The molecule has 0 unspecified atom stereocenters. The Kier molecular flexibility index (Phi) is 8.39. The molecule has 10 heteroatoms. The Hall–Kier alpha value is -2.74. The largest absolute Gasteiger partial charge is 0.497 e. The summed E-state index contributed by atoms with van der Waals surface area (Å²) in [4.78, 5) is 22.6. The molecule has 0 fully saturated rings. The highest BCUT2D eigenvalue weighted by Crippen LogP contribution is 2.29. The first kappa shape index (κ1) is 23.9. The quantitative estimate of drug-likeness (QED) is 0.156. The highest BCUT2D eigenvalue weighted by atomic mass is 127.